The van der Waals surface area contributed by atoms with Gasteiger partial charge in [0.25, 0.3) is 0 Å². The number of halogens is 1. The van der Waals surface area contributed by atoms with E-state index in [1.54, 1.807) is 18.2 Å². The minimum absolute atomic E-state index is 0.0919. The van der Waals surface area contributed by atoms with Crippen LogP contribution in [0.5, 0.6) is 0 Å². The Hall–Kier alpha value is -2.80. The van der Waals surface area contributed by atoms with Crippen molar-refractivity contribution in [3.05, 3.63) is 64.1 Å². The number of anilines is 1. The fraction of sp³-hybridized carbons (Fsp3) is 0.552. The molecule has 1 aliphatic carbocycles. The molecule has 2 aromatic carbocycles. The van der Waals surface area contributed by atoms with Gasteiger partial charge in [-0.05, 0) is 85.4 Å². The smallest absolute Gasteiger partial charge is 0.248 e. The third-order valence-electron chi connectivity index (χ3n) is 7.65. The van der Waals surface area contributed by atoms with Crippen LogP contribution in [0.25, 0.3) is 0 Å². The molecule has 1 amide bonds. The van der Waals surface area contributed by atoms with E-state index in [-0.39, 0.29) is 30.3 Å². The molecule has 1 aliphatic heterocycles. The molecule has 7 heteroatoms. The first-order chi connectivity index (χ1) is 17.6. The van der Waals surface area contributed by atoms with Crippen molar-refractivity contribution >= 4 is 17.3 Å². The summed E-state index contributed by atoms with van der Waals surface area (Å²) in [6, 6.07) is 14.3. The van der Waals surface area contributed by atoms with Crippen molar-refractivity contribution in [1.29, 1.82) is 0 Å². The normalized spacial score (nSPS) is 20.8. The van der Waals surface area contributed by atoms with Crippen LogP contribution >= 0.6 is 0 Å². The van der Waals surface area contributed by atoms with Gasteiger partial charge in [0.1, 0.15) is 19.0 Å². The molecule has 36 heavy (non-hydrogen) atoms. The van der Waals surface area contributed by atoms with Gasteiger partial charge in [0.15, 0.2) is 0 Å². The molecule has 1 heterocycles. The fourth-order valence-electron chi connectivity index (χ4n) is 5.47. The minimum Gasteiger partial charge on any atom is -0.382 e. The summed E-state index contributed by atoms with van der Waals surface area (Å²) in [5, 5.41) is 6.30. The summed E-state index contributed by atoms with van der Waals surface area (Å²) >= 11 is 0. The molecular formula is C29H38FN3O3. The molecular weight excluding hydrogens is 457 g/mol. The Morgan fingerprint density at radius 1 is 1.06 bits per heavy atom. The SMILES string of the molecule is CCCc1ccc(C2CCN(C(=O)COC3CCC(Nc4ccc(N=O)c(CF)c4)CC3)CC2)cc1. The van der Waals surface area contributed by atoms with Crippen LogP contribution in [-0.4, -0.2) is 42.6 Å². The van der Waals surface area contributed by atoms with Gasteiger partial charge in [-0.1, -0.05) is 37.6 Å². The molecule has 6 nitrogen and oxygen atoms in total. The topological polar surface area (TPSA) is 71.0 Å². The van der Waals surface area contributed by atoms with E-state index in [1.165, 1.54) is 17.5 Å². The second-order valence-corrected chi connectivity index (χ2v) is 10.1. The van der Waals surface area contributed by atoms with Crippen molar-refractivity contribution in [2.24, 2.45) is 5.18 Å². The van der Waals surface area contributed by atoms with Gasteiger partial charge in [0.05, 0.1) is 6.10 Å². The van der Waals surface area contributed by atoms with Gasteiger partial charge < -0.3 is 15.0 Å². The van der Waals surface area contributed by atoms with Gasteiger partial charge >= 0.3 is 0 Å². The highest BCUT2D eigenvalue weighted by atomic mass is 19.1. The maximum atomic E-state index is 13.1. The number of hydrogen-bond donors (Lipinski definition) is 1. The summed E-state index contributed by atoms with van der Waals surface area (Å²) in [5.74, 6) is 0.620. The van der Waals surface area contributed by atoms with Crippen LogP contribution in [0.1, 0.15) is 74.5 Å². The van der Waals surface area contributed by atoms with E-state index in [2.05, 4.69) is 41.7 Å². The Kier molecular flexibility index (Phi) is 9.45. The Labute approximate surface area is 213 Å². The monoisotopic (exact) mass is 495 g/mol. The standard InChI is InChI=1S/C29H38FN3O3/c1-2-3-21-4-6-22(7-5-21)23-14-16-33(17-15-23)29(34)20-36-27-11-8-25(9-12-27)31-26-10-13-28(32-35)24(18-26)19-30/h4-7,10,13,18,23,25,27,31H,2-3,8-9,11-12,14-17,19-20H2,1H3. The van der Waals surface area contributed by atoms with E-state index in [9.17, 15) is 14.1 Å². The van der Waals surface area contributed by atoms with Crippen molar-refractivity contribution in [2.75, 3.05) is 25.0 Å². The first-order valence-corrected chi connectivity index (χ1v) is 13.4. The Balaban J connectivity index is 1.15. The molecule has 0 spiro atoms. The lowest BCUT2D eigenvalue weighted by Crippen LogP contribution is -2.41. The molecule has 1 saturated heterocycles. The average Bonchev–Trinajstić information content (AvgIpc) is 2.93. The van der Waals surface area contributed by atoms with Crippen LogP contribution < -0.4 is 5.32 Å². The molecule has 2 aromatic rings. The number of nitroso groups, excluding NO2 is 1. The van der Waals surface area contributed by atoms with Gasteiger partial charge in [-0.25, -0.2) is 4.39 Å². The number of benzene rings is 2. The van der Waals surface area contributed by atoms with Gasteiger partial charge in [-0.2, -0.15) is 0 Å². The number of piperidine rings is 1. The molecule has 1 N–H and O–H groups in total. The molecule has 0 atom stereocenters. The second kappa shape index (κ2) is 12.9. The number of hydrogen-bond acceptors (Lipinski definition) is 5. The predicted molar refractivity (Wildman–Crippen MR) is 141 cm³/mol. The van der Waals surface area contributed by atoms with Gasteiger partial charge in [0, 0.05) is 30.4 Å². The number of aryl methyl sites for hydroxylation is 1. The van der Waals surface area contributed by atoms with Crippen LogP contribution in [0.15, 0.2) is 47.6 Å². The highest BCUT2D eigenvalue weighted by Gasteiger charge is 2.26. The lowest BCUT2D eigenvalue weighted by molar-refractivity contribution is -0.139. The van der Waals surface area contributed by atoms with Gasteiger partial charge in [0.2, 0.25) is 5.91 Å². The predicted octanol–water partition coefficient (Wildman–Crippen LogP) is 6.65. The largest absolute Gasteiger partial charge is 0.382 e. The van der Waals surface area contributed by atoms with Crippen molar-refractivity contribution in [1.82, 2.24) is 4.90 Å². The maximum absolute atomic E-state index is 13.1. The zero-order valence-electron chi connectivity index (χ0n) is 21.3. The molecule has 0 bridgehead atoms. The lowest BCUT2D eigenvalue weighted by Gasteiger charge is -2.33. The van der Waals surface area contributed by atoms with Gasteiger partial charge in [-0.15, -0.1) is 4.91 Å². The quantitative estimate of drug-likeness (QED) is 0.375. The summed E-state index contributed by atoms with van der Waals surface area (Å²) in [5.41, 5.74) is 4.04. The number of nitrogens with one attached hydrogen (secondary N) is 1. The van der Waals surface area contributed by atoms with E-state index >= 15 is 0 Å². The average molecular weight is 496 g/mol. The second-order valence-electron chi connectivity index (χ2n) is 10.1. The third kappa shape index (κ3) is 6.90. The number of amides is 1. The lowest BCUT2D eigenvalue weighted by atomic mass is 9.88. The number of likely N-dealkylation sites (tertiary alicyclic amines) is 1. The molecule has 0 unspecified atom stereocenters. The molecule has 0 aromatic heterocycles. The van der Waals surface area contributed by atoms with E-state index in [0.29, 0.717) is 11.5 Å². The number of carbonyl (C=O) groups is 1. The molecule has 194 valence electrons. The summed E-state index contributed by atoms with van der Waals surface area (Å²) in [6.07, 6.45) is 7.98. The molecule has 0 radical (unpaired) electrons. The van der Waals surface area contributed by atoms with E-state index in [0.717, 1.165) is 63.7 Å². The maximum Gasteiger partial charge on any atom is 0.248 e. The van der Waals surface area contributed by atoms with Crippen LogP contribution in [0, 0.1) is 4.91 Å². The number of ether oxygens (including phenoxy) is 1. The summed E-state index contributed by atoms with van der Waals surface area (Å²) < 4.78 is 19.1. The van der Waals surface area contributed by atoms with Gasteiger partial charge in [-0.3, -0.25) is 4.79 Å². The summed E-state index contributed by atoms with van der Waals surface area (Å²) in [7, 11) is 0. The number of nitrogens with zero attached hydrogens (tertiary/aromatic N) is 2. The fourth-order valence-corrected chi connectivity index (χ4v) is 5.47. The first kappa shape index (κ1) is 26.3. The van der Waals surface area contributed by atoms with Crippen molar-refractivity contribution in [2.45, 2.75) is 83.0 Å². The molecule has 2 aliphatic rings. The highest BCUT2D eigenvalue weighted by Crippen LogP contribution is 2.30. The molecule has 1 saturated carbocycles. The number of alkyl halides is 1. The van der Waals surface area contributed by atoms with Crippen molar-refractivity contribution in [3.63, 3.8) is 0 Å². The minimum atomic E-state index is -0.713. The Morgan fingerprint density at radius 2 is 1.78 bits per heavy atom. The Morgan fingerprint density at radius 3 is 2.42 bits per heavy atom. The summed E-state index contributed by atoms with van der Waals surface area (Å²) in [4.78, 5) is 25.5. The van der Waals surface area contributed by atoms with E-state index in [4.69, 9.17) is 4.74 Å². The van der Waals surface area contributed by atoms with Crippen LogP contribution in [0.3, 0.4) is 0 Å². The van der Waals surface area contributed by atoms with Crippen molar-refractivity contribution < 1.29 is 13.9 Å². The number of carbonyl (C=O) groups excluding carboxylic acids is 1. The zero-order valence-corrected chi connectivity index (χ0v) is 21.3. The van der Waals surface area contributed by atoms with Crippen LogP contribution in [0.4, 0.5) is 15.8 Å². The highest BCUT2D eigenvalue weighted by molar-refractivity contribution is 5.77. The number of rotatable bonds is 10. The van der Waals surface area contributed by atoms with E-state index in [1.807, 2.05) is 4.90 Å². The van der Waals surface area contributed by atoms with Crippen molar-refractivity contribution in [3.8, 4) is 0 Å². The molecule has 2 fully saturated rings. The third-order valence-corrected chi connectivity index (χ3v) is 7.65. The molecule has 4 rings (SSSR count). The summed E-state index contributed by atoms with van der Waals surface area (Å²) in [6.45, 7) is 3.22. The zero-order chi connectivity index (χ0) is 25.3. The van der Waals surface area contributed by atoms with E-state index < -0.39 is 6.67 Å². The first-order valence-electron chi connectivity index (χ1n) is 13.4. The van der Waals surface area contributed by atoms with Crippen LogP contribution in [0.2, 0.25) is 0 Å². The van der Waals surface area contributed by atoms with Crippen LogP contribution in [-0.2, 0) is 22.6 Å². The Bertz CT molecular complexity index is 997.